The average molecular weight is 2030 g/mol. The zero-order valence-corrected chi connectivity index (χ0v) is 86.7. The molecular weight excluding hydrogens is 1900 g/mol. The van der Waals surface area contributed by atoms with Crippen molar-refractivity contribution in [3.63, 3.8) is 0 Å². The molecule has 149 heavy (non-hydrogen) atoms. The van der Waals surface area contributed by atoms with E-state index in [9.17, 15) is 14.0 Å². The number of hydrogen-bond acceptors (Lipinski definition) is 33. The van der Waals surface area contributed by atoms with E-state index in [4.69, 9.17) is 68.9 Å². The molecule has 0 bridgehead atoms. The van der Waals surface area contributed by atoms with Crippen LogP contribution in [0.4, 0.5) is 45.1 Å². The molecule has 15 heterocycles. The summed E-state index contributed by atoms with van der Waals surface area (Å²) >= 11 is 6.53. The van der Waals surface area contributed by atoms with Crippen molar-refractivity contribution < 1.29 is 37.7 Å². The minimum Gasteiger partial charge on any atom is -0.470 e. The SMILES string of the molecule is CC(=O)Nc1cc(COc2nc(-c3cc(C)c4c(c3)CN(C)CC4)cnc2N)ccn1.CCC(=O)Nc1cc(COc2nc(-c3cc(C)c4c(c3)CN(C)CC4)cnc2N)ccn1.CN1CCc2c(Cl)cc(-c3cnc(N)c(OCc4ccncc4)n3)cc2C1.CN1CCc2c(F)cc(-c3cnc(N)c(OCc4ccncc4)n3)cc2C1.Cc1cc(-c2cnc(N)c(OCc3ccncc3)n2)cc2c1CCN(CCCN(C)C)C2. The fourth-order valence-corrected chi connectivity index (χ4v) is 18.6. The van der Waals surface area contributed by atoms with Crippen LogP contribution in [0.1, 0.15) is 127 Å². The summed E-state index contributed by atoms with van der Waals surface area (Å²) in [5.41, 5.74) is 59.0. The third-order valence-corrected chi connectivity index (χ3v) is 26.5. The second kappa shape index (κ2) is 50.0. The summed E-state index contributed by atoms with van der Waals surface area (Å²) in [6.45, 7) is 23.0. The molecule has 0 fully saturated rings. The number of hydrogen-bond donors (Lipinski definition) is 7. The molecule has 15 aromatic rings. The first-order valence-electron chi connectivity index (χ1n) is 49.5. The highest BCUT2D eigenvalue weighted by molar-refractivity contribution is 6.31. The van der Waals surface area contributed by atoms with Gasteiger partial charge in [-0.25, -0.2) is 64.2 Å². The van der Waals surface area contributed by atoms with Gasteiger partial charge in [0.1, 0.15) is 50.5 Å². The normalized spacial score (nSPS) is 13.8. The number of amides is 2. The van der Waals surface area contributed by atoms with Crippen molar-refractivity contribution in [3.8, 4) is 85.7 Å². The van der Waals surface area contributed by atoms with Crippen LogP contribution in [-0.4, -0.2) is 204 Å². The molecule has 20 rings (SSSR count). The van der Waals surface area contributed by atoms with Crippen molar-refractivity contribution in [3.05, 3.63) is 313 Å². The number of nitrogen functional groups attached to an aromatic ring is 5. The smallest absolute Gasteiger partial charge is 0.258 e. The van der Waals surface area contributed by atoms with Crippen molar-refractivity contribution in [2.75, 3.05) is 127 Å². The predicted octanol–water partition coefficient (Wildman–Crippen LogP) is 15.8. The van der Waals surface area contributed by atoms with Gasteiger partial charge in [0.05, 0.1) is 59.5 Å². The Morgan fingerprint density at radius 1 is 0.383 bits per heavy atom. The first-order valence-corrected chi connectivity index (χ1v) is 49.9. The van der Waals surface area contributed by atoms with Gasteiger partial charge in [-0.15, -0.1) is 0 Å². The number of carbonyl (C=O) groups is 2. The average Bonchev–Trinajstić information content (AvgIpc) is 0.802. The minimum absolute atomic E-state index is 0.0927. The Morgan fingerprint density at radius 3 is 1.04 bits per heavy atom. The molecule has 0 atom stereocenters. The van der Waals surface area contributed by atoms with Crippen LogP contribution in [0.25, 0.3) is 56.3 Å². The number of nitrogens with one attached hydrogen (secondary N) is 2. The molecule has 2 amide bonds. The number of rotatable bonds is 27. The van der Waals surface area contributed by atoms with Gasteiger partial charge in [-0.2, -0.15) is 0 Å². The summed E-state index contributed by atoms with van der Waals surface area (Å²) in [6.07, 6.45) is 28.3. The number of aromatic nitrogens is 15. The highest BCUT2D eigenvalue weighted by Crippen LogP contribution is 2.39. The van der Waals surface area contributed by atoms with Crippen LogP contribution in [0.15, 0.2) is 202 Å². The van der Waals surface area contributed by atoms with Crippen molar-refractivity contribution in [1.82, 2.24) is 104 Å². The quantitative estimate of drug-likeness (QED) is 0.0251. The maximum absolute atomic E-state index is 14.6. The number of anilines is 7. The van der Waals surface area contributed by atoms with Crippen molar-refractivity contribution in [2.24, 2.45) is 0 Å². The van der Waals surface area contributed by atoms with E-state index < -0.39 is 0 Å². The Balaban J connectivity index is 0.000000133. The van der Waals surface area contributed by atoms with Crippen molar-refractivity contribution in [1.29, 1.82) is 0 Å². The molecule has 37 heteroatoms. The lowest BCUT2D eigenvalue weighted by Crippen LogP contribution is -2.33. The molecular formula is C112H126ClFN28O7. The van der Waals surface area contributed by atoms with Gasteiger partial charge in [-0.3, -0.25) is 29.4 Å². The molecule has 0 radical (unpaired) electrons. The van der Waals surface area contributed by atoms with E-state index in [0.29, 0.717) is 85.4 Å². The van der Waals surface area contributed by atoms with E-state index in [2.05, 4.69) is 208 Å². The molecule has 35 nitrogen and oxygen atoms in total. The third-order valence-electron chi connectivity index (χ3n) is 26.1. The van der Waals surface area contributed by atoms with Crippen LogP contribution in [0, 0.1) is 26.6 Å². The van der Waals surface area contributed by atoms with E-state index >= 15 is 0 Å². The second-order valence-electron chi connectivity index (χ2n) is 38.0. The van der Waals surface area contributed by atoms with Gasteiger partial charge in [0.2, 0.25) is 11.8 Å². The zero-order valence-electron chi connectivity index (χ0n) is 85.9. The number of likely N-dealkylation sites (N-methyl/N-ethyl adjacent to an activating group) is 4. The standard InChI is InChI=1S/C25H32N6O.C24H28N6O2.C23H26N6O2.C20H20ClN5O.C20H20FN5O/c1-18-13-20(14-21-16-31(12-7-22(18)21)11-4-10-30(2)3)23-15-28-24(26)25(29-23)32-17-19-5-8-27-9-6-19;1-4-22(31)29-21-10-16(5-7-26-21)14-32-24-23(25)27-12-20(28-24)17-9-15(2)19-6-8-30(3)13-18(19)11-17;1-14-8-17(10-18-12-29(3)7-5-19(14)18)20-11-26-22(24)23(28-20)31-13-16-4-6-25-21(9-16)27-15(2)30;2*1-26-7-4-16-15(11-26)8-14(9-17(16)21)18-10-24-19(22)20(25-18)27-12-13-2-5-23-6-3-13/h5-6,8-9,13-15H,4,7,10-12,16-17H2,1-3H3,(H2,26,28);5,7,9-12H,4,6,8,13-14H2,1-3H3,(H2,25,27)(H,26,29,31);4,6,8-11H,5,7,12-13H2,1-3H3,(H2,24,26)(H,25,27,30);2*2-3,5-6,8-10H,4,7,11-12H2,1H3,(H2,22,24). The summed E-state index contributed by atoms with van der Waals surface area (Å²) in [5, 5.41) is 6.17. The first kappa shape index (κ1) is 106. The molecule has 0 aliphatic carbocycles. The Kier molecular flexibility index (Phi) is 35.6. The first-order chi connectivity index (χ1) is 72.0. The largest absolute Gasteiger partial charge is 0.470 e. The molecule has 12 N–H and O–H groups in total. The van der Waals surface area contributed by atoms with E-state index in [1.807, 2.05) is 67.7 Å². The Labute approximate surface area is 872 Å². The Morgan fingerprint density at radius 2 is 0.685 bits per heavy atom. The number of nitrogens with two attached hydrogens (primary N) is 5. The van der Waals surface area contributed by atoms with Crippen molar-refractivity contribution in [2.45, 2.75) is 145 Å². The van der Waals surface area contributed by atoms with Gasteiger partial charge < -0.3 is 87.5 Å². The Hall–Kier alpha value is -15.8. The van der Waals surface area contributed by atoms with Gasteiger partial charge in [0.25, 0.3) is 29.4 Å². The number of pyridine rings is 5. The number of carbonyl (C=O) groups excluding carboxylic acids is 2. The van der Waals surface area contributed by atoms with Crippen LogP contribution < -0.4 is 63.0 Å². The monoisotopic (exact) mass is 2030 g/mol. The number of ether oxygens (including phenoxy) is 5. The van der Waals surface area contributed by atoms with E-state index in [1.54, 1.807) is 99.6 Å². The lowest BCUT2D eigenvalue weighted by atomic mass is 9.92. The minimum atomic E-state index is -0.200. The summed E-state index contributed by atoms with van der Waals surface area (Å²) < 4.78 is 43.7. The highest BCUT2D eigenvalue weighted by Gasteiger charge is 2.27. The maximum Gasteiger partial charge on any atom is 0.258 e. The van der Waals surface area contributed by atoms with Crippen molar-refractivity contribution >= 4 is 64.1 Å². The van der Waals surface area contributed by atoms with Gasteiger partial charge in [-0.05, 0) is 336 Å². The molecule has 0 spiro atoms. The molecule has 0 saturated carbocycles. The number of benzene rings is 5. The fourth-order valence-electron chi connectivity index (χ4n) is 18.2. The van der Waals surface area contributed by atoms with Crippen LogP contribution >= 0.6 is 11.6 Å². The van der Waals surface area contributed by atoms with Gasteiger partial charge in [0.15, 0.2) is 29.1 Å². The third kappa shape index (κ3) is 28.7. The van der Waals surface area contributed by atoms with E-state index in [-0.39, 0.29) is 71.8 Å². The summed E-state index contributed by atoms with van der Waals surface area (Å²) in [5.74, 6) is 3.18. The van der Waals surface area contributed by atoms with Gasteiger partial charge in [-0.1, -0.05) is 18.5 Å². The fraction of sp³-hybridized carbons (Fsp3) is 0.312. The summed E-state index contributed by atoms with van der Waals surface area (Å²) in [6, 6.07) is 39.1. The Bertz CT molecular complexity index is 7070. The van der Waals surface area contributed by atoms with E-state index in [1.165, 1.54) is 80.6 Å². The molecule has 5 aliphatic rings. The lowest BCUT2D eigenvalue weighted by molar-refractivity contribution is -0.116. The number of nitrogens with zero attached hydrogens (tertiary/aromatic N) is 21. The zero-order chi connectivity index (χ0) is 105. The highest BCUT2D eigenvalue weighted by atomic mass is 35.5. The summed E-state index contributed by atoms with van der Waals surface area (Å²) in [4.78, 5) is 101. The topological polar surface area (TPSA) is 447 Å². The molecule has 10 aromatic heterocycles. The lowest BCUT2D eigenvalue weighted by Gasteiger charge is -2.30. The van der Waals surface area contributed by atoms with Crippen LogP contribution in [0.2, 0.25) is 5.02 Å². The van der Waals surface area contributed by atoms with Crippen LogP contribution in [0.3, 0.4) is 0 Å². The summed E-state index contributed by atoms with van der Waals surface area (Å²) in [7, 11) is 12.7. The molecule has 0 unspecified atom stereocenters. The van der Waals surface area contributed by atoms with E-state index in [0.717, 1.165) is 181 Å². The molecule has 770 valence electrons. The number of fused-ring (bicyclic) bond motifs is 5. The number of aryl methyl sites for hydroxylation is 3. The second-order valence-corrected chi connectivity index (χ2v) is 38.4. The predicted molar refractivity (Wildman–Crippen MR) is 577 cm³/mol. The van der Waals surface area contributed by atoms with Gasteiger partial charge >= 0.3 is 0 Å². The molecule has 5 aliphatic heterocycles. The van der Waals surface area contributed by atoms with Crippen LogP contribution in [-0.2, 0) is 107 Å². The molecule has 5 aromatic carbocycles. The van der Waals surface area contributed by atoms with Crippen LogP contribution in [0.5, 0.6) is 29.4 Å². The van der Waals surface area contributed by atoms with Gasteiger partial charge in [0, 0.05) is 161 Å². The number of halogens is 2. The maximum atomic E-state index is 14.6. The molecule has 0 saturated heterocycles.